The molecule has 2 rings (SSSR count). The number of nitro benzene ring substituents is 1. The second-order valence-corrected chi connectivity index (χ2v) is 6.87. The monoisotopic (exact) mass is 378 g/mol. The van der Waals surface area contributed by atoms with Crippen LogP contribution in [-0.2, 0) is 11.3 Å². The molecule has 7 nitrogen and oxygen atoms in total. The average molecular weight is 379 g/mol. The summed E-state index contributed by atoms with van der Waals surface area (Å²) in [6.07, 6.45) is -0.716. The minimum Gasteiger partial charge on any atom is -0.486 e. The lowest BCUT2D eigenvalue weighted by Gasteiger charge is -2.20. The first kappa shape index (κ1) is 19.5. The van der Waals surface area contributed by atoms with E-state index in [-0.39, 0.29) is 28.8 Å². The summed E-state index contributed by atoms with van der Waals surface area (Å²) in [6, 6.07) is 11.7. The Morgan fingerprint density at radius 2 is 1.88 bits per heavy atom. The molecule has 0 fully saturated rings. The summed E-state index contributed by atoms with van der Waals surface area (Å²) in [5, 5.41) is 13.5. The SMILES string of the molecule is CC(C)(C)OC(=O)Nc1cc(Cl)c([N+](=O)[O-])cc1OCc1ccccc1. The molecule has 0 atom stereocenters. The second kappa shape index (κ2) is 8.05. The van der Waals surface area contributed by atoms with Crippen LogP contribution < -0.4 is 10.1 Å². The van der Waals surface area contributed by atoms with E-state index in [1.807, 2.05) is 30.3 Å². The molecule has 0 saturated carbocycles. The van der Waals surface area contributed by atoms with E-state index >= 15 is 0 Å². The molecule has 2 aromatic rings. The Morgan fingerprint density at radius 3 is 2.46 bits per heavy atom. The molecular weight excluding hydrogens is 360 g/mol. The topological polar surface area (TPSA) is 90.7 Å². The first-order valence-electron chi connectivity index (χ1n) is 7.80. The van der Waals surface area contributed by atoms with Crippen molar-refractivity contribution in [3.05, 3.63) is 63.2 Å². The number of nitrogens with zero attached hydrogens (tertiary/aromatic N) is 1. The van der Waals surface area contributed by atoms with Crippen molar-refractivity contribution in [2.75, 3.05) is 5.32 Å². The van der Waals surface area contributed by atoms with Crippen LogP contribution in [0.4, 0.5) is 16.2 Å². The van der Waals surface area contributed by atoms with E-state index in [2.05, 4.69) is 5.32 Å². The van der Waals surface area contributed by atoms with Crippen LogP contribution in [0, 0.1) is 10.1 Å². The van der Waals surface area contributed by atoms with Gasteiger partial charge in [0, 0.05) is 0 Å². The first-order valence-corrected chi connectivity index (χ1v) is 8.18. The van der Waals surface area contributed by atoms with Gasteiger partial charge >= 0.3 is 6.09 Å². The molecule has 26 heavy (non-hydrogen) atoms. The van der Waals surface area contributed by atoms with Gasteiger partial charge in [0.2, 0.25) is 0 Å². The van der Waals surface area contributed by atoms with Gasteiger partial charge in [-0.2, -0.15) is 0 Å². The van der Waals surface area contributed by atoms with E-state index in [9.17, 15) is 14.9 Å². The zero-order chi connectivity index (χ0) is 19.3. The predicted octanol–water partition coefficient (Wildman–Crippen LogP) is 5.17. The van der Waals surface area contributed by atoms with E-state index in [0.717, 1.165) is 5.56 Å². The molecule has 0 aliphatic heterocycles. The highest BCUT2D eigenvalue weighted by Gasteiger charge is 2.22. The summed E-state index contributed by atoms with van der Waals surface area (Å²) in [5.74, 6) is 0.121. The third-order valence-corrected chi connectivity index (χ3v) is 3.42. The maximum atomic E-state index is 12.0. The van der Waals surface area contributed by atoms with Crippen LogP contribution in [0.3, 0.4) is 0 Å². The lowest BCUT2D eigenvalue weighted by Crippen LogP contribution is -2.27. The Balaban J connectivity index is 2.28. The lowest BCUT2D eigenvalue weighted by atomic mass is 10.2. The number of rotatable bonds is 5. The second-order valence-electron chi connectivity index (χ2n) is 6.46. The van der Waals surface area contributed by atoms with E-state index in [1.54, 1.807) is 20.8 Å². The predicted molar refractivity (Wildman–Crippen MR) is 98.7 cm³/mol. The van der Waals surface area contributed by atoms with Gasteiger partial charge in [0.05, 0.1) is 16.7 Å². The number of carbonyl (C=O) groups excluding carboxylic acids is 1. The van der Waals surface area contributed by atoms with Gasteiger partial charge in [0.25, 0.3) is 5.69 Å². The van der Waals surface area contributed by atoms with Gasteiger partial charge in [-0.05, 0) is 32.4 Å². The minimum absolute atomic E-state index is 0.117. The Labute approximate surface area is 156 Å². The highest BCUT2D eigenvalue weighted by molar-refractivity contribution is 6.33. The van der Waals surface area contributed by atoms with Crippen LogP contribution >= 0.6 is 11.6 Å². The number of hydrogen-bond acceptors (Lipinski definition) is 5. The van der Waals surface area contributed by atoms with Gasteiger partial charge in [0.1, 0.15) is 23.0 Å². The minimum atomic E-state index is -0.716. The summed E-state index contributed by atoms with van der Waals surface area (Å²) in [5.41, 5.74) is 0.0447. The zero-order valence-electron chi connectivity index (χ0n) is 14.6. The lowest BCUT2D eigenvalue weighted by molar-refractivity contribution is -0.384. The van der Waals surface area contributed by atoms with Crippen molar-refractivity contribution in [1.82, 2.24) is 0 Å². The van der Waals surface area contributed by atoms with E-state index in [4.69, 9.17) is 21.1 Å². The number of ether oxygens (including phenoxy) is 2. The number of nitro groups is 1. The summed E-state index contributed by atoms with van der Waals surface area (Å²) in [4.78, 5) is 22.5. The van der Waals surface area contributed by atoms with Crippen molar-refractivity contribution in [2.45, 2.75) is 33.0 Å². The van der Waals surface area contributed by atoms with Gasteiger partial charge in [-0.15, -0.1) is 0 Å². The Morgan fingerprint density at radius 1 is 1.23 bits per heavy atom. The van der Waals surface area contributed by atoms with Crippen molar-refractivity contribution < 1.29 is 19.2 Å². The van der Waals surface area contributed by atoms with Crippen LogP contribution in [0.15, 0.2) is 42.5 Å². The van der Waals surface area contributed by atoms with Crippen LogP contribution in [0.25, 0.3) is 0 Å². The summed E-state index contributed by atoms with van der Waals surface area (Å²) in [6.45, 7) is 5.34. The van der Waals surface area contributed by atoms with Gasteiger partial charge in [-0.3, -0.25) is 15.4 Å². The van der Waals surface area contributed by atoms with Crippen LogP contribution in [-0.4, -0.2) is 16.6 Å². The van der Waals surface area contributed by atoms with Crippen LogP contribution in [0.5, 0.6) is 5.75 Å². The fraction of sp³-hybridized carbons (Fsp3) is 0.278. The maximum Gasteiger partial charge on any atom is 0.412 e. The smallest absolute Gasteiger partial charge is 0.412 e. The standard InChI is InChI=1S/C18H19ClN2O5/c1-18(2,3)26-17(22)20-14-9-13(19)15(21(23)24)10-16(14)25-11-12-7-5-4-6-8-12/h4-10H,11H2,1-3H3,(H,20,22). The average Bonchev–Trinajstić information content (AvgIpc) is 2.52. The summed E-state index contributed by atoms with van der Waals surface area (Å²) >= 11 is 5.94. The van der Waals surface area contributed by atoms with Gasteiger partial charge in [0.15, 0.2) is 0 Å². The van der Waals surface area contributed by atoms with Crippen LogP contribution in [0.2, 0.25) is 5.02 Å². The van der Waals surface area contributed by atoms with Crippen molar-refractivity contribution in [3.8, 4) is 5.75 Å². The molecule has 0 spiro atoms. The van der Waals surface area contributed by atoms with Crippen molar-refractivity contribution in [3.63, 3.8) is 0 Å². The molecule has 0 bridgehead atoms. The van der Waals surface area contributed by atoms with Gasteiger partial charge < -0.3 is 9.47 Å². The normalized spacial score (nSPS) is 10.9. The molecule has 8 heteroatoms. The number of carbonyl (C=O) groups is 1. The van der Waals surface area contributed by atoms with Crippen molar-refractivity contribution in [1.29, 1.82) is 0 Å². The highest BCUT2D eigenvalue weighted by Crippen LogP contribution is 2.36. The molecule has 1 N–H and O–H groups in total. The quantitative estimate of drug-likeness (QED) is 0.572. The van der Waals surface area contributed by atoms with Crippen LogP contribution in [0.1, 0.15) is 26.3 Å². The number of anilines is 1. The Bertz CT molecular complexity index is 803. The number of halogens is 1. The molecule has 0 aliphatic carbocycles. The molecular formula is C18H19ClN2O5. The largest absolute Gasteiger partial charge is 0.486 e. The maximum absolute atomic E-state index is 12.0. The molecule has 0 unspecified atom stereocenters. The fourth-order valence-electron chi connectivity index (χ4n) is 2.05. The summed E-state index contributed by atoms with van der Waals surface area (Å²) in [7, 11) is 0. The molecule has 2 aromatic carbocycles. The van der Waals surface area contributed by atoms with Gasteiger partial charge in [-0.1, -0.05) is 41.9 Å². The van der Waals surface area contributed by atoms with E-state index in [1.165, 1.54) is 12.1 Å². The molecule has 138 valence electrons. The van der Waals surface area contributed by atoms with E-state index in [0.29, 0.717) is 0 Å². The van der Waals surface area contributed by atoms with E-state index < -0.39 is 16.6 Å². The number of hydrogen-bond donors (Lipinski definition) is 1. The Kier molecular flexibility index (Phi) is 6.05. The number of benzene rings is 2. The van der Waals surface area contributed by atoms with Crippen molar-refractivity contribution in [2.24, 2.45) is 0 Å². The number of nitrogens with one attached hydrogen (secondary N) is 1. The zero-order valence-corrected chi connectivity index (χ0v) is 15.4. The molecule has 0 saturated heterocycles. The third kappa shape index (κ3) is 5.63. The number of amides is 1. The van der Waals surface area contributed by atoms with Gasteiger partial charge in [-0.25, -0.2) is 4.79 Å². The highest BCUT2D eigenvalue weighted by atomic mass is 35.5. The Hall–Kier alpha value is -2.80. The first-order chi connectivity index (χ1) is 12.2. The molecule has 0 aromatic heterocycles. The molecule has 1 amide bonds. The summed E-state index contributed by atoms with van der Waals surface area (Å²) < 4.78 is 10.9. The molecule has 0 aliphatic rings. The van der Waals surface area contributed by atoms with Crippen molar-refractivity contribution >= 4 is 29.1 Å². The molecule has 0 radical (unpaired) electrons. The molecule has 0 heterocycles. The fourth-order valence-corrected chi connectivity index (χ4v) is 2.28. The third-order valence-electron chi connectivity index (χ3n) is 3.12.